The third kappa shape index (κ3) is 8.40. The number of thioether (sulfide) groups is 1. The Balaban J connectivity index is 2.09. The van der Waals surface area contributed by atoms with E-state index >= 15 is 0 Å². The summed E-state index contributed by atoms with van der Waals surface area (Å²) in [5.41, 5.74) is 2.77. The van der Waals surface area contributed by atoms with Gasteiger partial charge in [-0.2, -0.15) is 0 Å². The molecule has 2 rings (SSSR count). The van der Waals surface area contributed by atoms with Gasteiger partial charge in [-0.3, -0.25) is 9.59 Å². The average molecular weight is 481 g/mol. The molecule has 0 saturated carbocycles. The summed E-state index contributed by atoms with van der Waals surface area (Å²) < 4.78 is 0. The Morgan fingerprint density at radius 2 is 1.65 bits per heavy atom. The predicted molar refractivity (Wildman–Crippen MR) is 132 cm³/mol. The van der Waals surface area contributed by atoms with E-state index in [9.17, 15) is 9.59 Å². The first-order chi connectivity index (χ1) is 14.5. The number of aryl methyl sites for hydroxylation is 1. The normalized spacial score (nSPS) is 12.4. The van der Waals surface area contributed by atoms with Gasteiger partial charge >= 0.3 is 0 Å². The van der Waals surface area contributed by atoms with Crippen molar-refractivity contribution in [2.24, 2.45) is 0 Å². The fraction of sp³-hybridized carbons (Fsp3) is 0.417. The quantitative estimate of drug-likeness (QED) is 0.513. The second-order valence-corrected chi connectivity index (χ2v) is 10.5. The fourth-order valence-corrected chi connectivity index (χ4v) is 4.09. The molecule has 0 aliphatic heterocycles. The van der Waals surface area contributed by atoms with Crippen LogP contribution in [0.25, 0.3) is 0 Å². The van der Waals surface area contributed by atoms with Gasteiger partial charge in [0, 0.05) is 17.8 Å². The minimum absolute atomic E-state index is 0.0813. The molecule has 2 aromatic rings. The molecule has 31 heavy (non-hydrogen) atoms. The Labute approximate surface area is 199 Å². The number of amides is 2. The zero-order chi connectivity index (χ0) is 23.2. The summed E-state index contributed by atoms with van der Waals surface area (Å²) >= 11 is 13.5. The predicted octanol–water partition coefficient (Wildman–Crippen LogP) is 5.87. The molecule has 0 bridgehead atoms. The van der Waals surface area contributed by atoms with Crippen LogP contribution < -0.4 is 5.32 Å². The highest BCUT2D eigenvalue weighted by Crippen LogP contribution is 2.25. The summed E-state index contributed by atoms with van der Waals surface area (Å²) in [5.74, 6) is 0.646. The number of hydrogen-bond acceptors (Lipinski definition) is 3. The first-order valence-electron chi connectivity index (χ1n) is 10.1. The maximum atomic E-state index is 13.1. The van der Waals surface area contributed by atoms with E-state index in [-0.39, 0.29) is 23.1 Å². The van der Waals surface area contributed by atoms with Gasteiger partial charge in [0.25, 0.3) is 0 Å². The van der Waals surface area contributed by atoms with Crippen molar-refractivity contribution in [1.82, 2.24) is 10.2 Å². The summed E-state index contributed by atoms with van der Waals surface area (Å²) in [4.78, 5) is 27.5. The zero-order valence-corrected chi connectivity index (χ0v) is 21.0. The lowest BCUT2D eigenvalue weighted by Crippen LogP contribution is -2.52. The van der Waals surface area contributed by atoms with Crippen molar-refractivity contribution in [3.8, 4) is 0 Å². The molecule has 0 fully saturated rings. The van der Waals surface area contributed by atoms with Crippen LogP contribution in [0.15, 0.2) is 42.5 Å². The summed E-state index contributed by atoms with van der Waals surface area (Å²) in [5, 5.41) is 3.98. The van der Waals surface area contributed by atoms with Crippen molar-refractivity contribution in [3.05, 3.63) is 69.2 Å². The van der Waals surface area contributed by atoms with Crippen LogP contribution in [0.1, 0.15) is 44.4 Å². The number of rotatable bonds is 8. The number of carbonyl (C=O) groups excluding carboxylic acids is 2. The van der Waals surface area contributed by atoms with E-state index < -0.39 is 6.04 Å². The van der Waals surface area contributed by atoms with Crippen LogP contribution in [0.3, 0.4) is 0 Å². The maximum absolute atomic E-state index is 13.1. The molecule has 1 atom stereocenters. The number of hydrogen-bond donors (Lipinski definition) is 1. The lowest BCUT2D eigenvalue weighted by atomic mass is 10.1. The van der Waals surface area contributed by atoms with Crippen molar-refractivity contribution < 1.29 is 9.59 Å². The molecule has 4 nitrogen and oxygen atoms in total. The number of benzene rings is 2. The summed E-state index contributed by atoms with van der Waals surface area (Å²) in [6.45, 7) is 9.96. The molecule has 2 aromatic carbocycles. The van der Waals surface area contributed by atoms with E-state index in [4.69, 9.17) is 23.2 Å². The van der Waals surface area contributed by atoms with Gasteiger partial charge in [-0.25, -0.2) is 0 Å². The first kappa shape index (κ1) is 25.6. The molecule has 0 radical (unpaired) electrons. The summed E-state index contributed by atoms with van der Waals surface area (Å²) in [6, 6.07) is 12.9. The largest absolute Gasteiger partial charge is 0.350 e. The Hall–Kier alpha value is -1.69. The minimum Gasteiger partial charge on any atom is -0.350 e. The van der Waals surface area contributed by atoms with Gasteiger partial charge in [-0.15, -0.1) is 11.8 Å². The van der Waals surface area contributed by atoms with Crippen molar-refractivity contribution in [2.45, 2.75) is 58.5 Å². The topological polar surface area (TPSA) is 49.4 Å². The van der Waals surface area contributed by atoms with Gasteiger partial charge in [-0.1, -0.05) is 59.1 Å². The van der Waals surface area contributed by atoms with E-state index in [2.05, 4.69) is 5.32 Å². The van der Waals surface area contributed by atoms with E-state index in [1.807, 2.05) is 64.1 Å². The van der Waals surface area contributed by atoms with Gasteiger partial charge in [-0.05, 0) is 57.9 Å². The molecule has 168 valence electrons. The molecule has 0 aromatic heterocycles. The van der Waals surface area contributed by atoms with Crippen LogP contribution >= 0.6 is 35.0 Å². The molecule has 0 aliphatic carbocycles. The lowest BCUT2D eigenvalue weighted by Gasteiger charge is -2.31. The molecule has 1 N–H and O–H groups in total. The molecular formula is C24H30Cl2N2O2S. The van der Waals surface area contributed by atoms with Crippen molar-refractivity contribution in [1.29, 1.82) is 0 Å². The first-order valence-corrected chi connectivity index (χ1v) is 12.1. The number of nitrogens with zero attached hydrogens (tertiary/aromatic N) is 1. The smallest absolute Gasteiger partial charge is 0.242 e. The second-order valence-electron chi connectivity index (χ2n) is 8.66. The molecular weight excluding hydrogens is 451 g/mol. The fourth-order valence-electron chi connectivity index (χ4n) is 2.92. The number of nitrogens with one attached hydrogen (secondary N) is 1. The average Bonchev–Trinajstić information content (AvgIpc) is 2.68. The molecule has 0 spiro atoms. The second kappa shape index (κ2) is 11.3. The maximum Gasteiger partial charge on any atom is 0.242 e. The van der Waals surface area contributed by atoms with Crippen LogP contribution in [0.5, 0.6) is 0 Å². The highest BCUT2D eigenvalue weighted by atomic mass is 35.5. The Morgan fingerprint density at radius 1 is 1.03 bits per heavy atom. The Kier molecular flexibility index (Phi) is 9.28. The zero-order valence-electron chi connectivity index (χ0n) is 18.7. The van der Waals surface area contributed by atoms with Gasteiger partial charge in [0.05, 0.1) is 15.8 Å². The standard InChI is InChI=1S/C24H30Cl2N2O2S/c1-16-6-8-18(9-7-16)13-28(17(2)23(30)27-24(3,4)5)22(29)15-31-14-19-10-11-20(25)21(26)12-19/h6-12,17H,13-15H2,1-5H3,(H,27,30)/t17-/m1/s1. The molecule has 0 heterocycles. The van der Waals surface area contributed by atoms with E-state index in [0.717, 1.165) is 16.7 Å². The van der Waals surface area contributed by atoms with E-state index in [1.165, 1.54) is 11.8 Å². The number of halogens is 2. The van der Waals surface area contributed by atoms with Gasteiger partial charge < -0.3 is 10.2 Å². The van der Waals surface area contributed by atoms with Crippen LogP contribution in [-0.2, 0) is 21.9 Å². The van der Waals surface area contributed by atoms with Crippen LogP contribution in [0.2, 0.25) is 10.0 Å². The van der Waals surface area contributed by atoms with Crippen molar-refractivity contribution in [3.63, 3.8) is 0 Å². The highest BCUT2D eigenvalue weighted by molar-refractivity contribution is 7.99. The monoisotopic (exact) mass is 480 g/mol. The van der Waals surface area contributed by atoms with E-state index in [0.29, 0.717) is 22.3 Å². The molecule has 0 saturated heterocycles. The third-order valence-corrected chi connectivity index (χ3v) is 6.34. The van der Waals surface area contributed by atoms with Crippen LogP contribution in [0.4, 0.5) is 0 Å². The summed E-state index contributed by atoms with van der Waals surface area (Å²) in [7, 11) is 0. The molecule has 0 aliphatic rings. The molecule has 2 amide bonds. The van der Waals surface area contributed by atoms with Crippen molar-refractivity contribution >= 4 is 46.8 Å². The van der Waals surface area contributed by atoms with E-state index in [1.54, 1.807) is 17.9 Å². The lowest BCUT2D eigenvalue weighted by molar-refractivity contribution is -0.139. The Morgan fingerprint density at radius 3 is 2.23 bits per heavy atom. The molecule has 7 heteroatoms. The minimum atomic E-state index is -0.585. The third-order valence-electron chi connectivity index (χ3n) is 4.62. The van der Waals surface area contributed by atoms with Gasteiger partial charge in [0.15, 0.2) is 0 Å². The van der Waals surface area contributed by atoms with Crippen LogP contribution in [-0.4, -0.2) is 34.0 Å². The SMILES string of the molecule is Cc1ccc(CN(C(=O)CSCc2ccc(Cl)c(Cl)c2)[C@H](C)C(=O)NC(C)(C)C)cc1. The van der Waals surface area contributed by atoms with Gasteiger partial charge in [0.2, 0.25) is 11.8 Å². The summed E-state index contributed by atoms with van der Waals surface area (Å²) in [6.07, 6.45) is 0. The highest BCUT2D eigenvalue weighted by Gasteiger charge is 2.28. The number of carbonyl (C=O) groups is 2. The Bertz CT molecular complexity index is 911. The van der Waals surface area contributed by atoms with Crippen molar-refractivity contribution in [2.75, 3.05) is 5.75 Å². The van der Waals surface area contributed by atoms with Gasteiger partial charge in [0.1, 0.15) is 6.04 Å². The molecule has 0 unspecified atom stereocenters. The van der Waals surface area contributed by atoms with Crippen LogP contribution in [0, 0.1) is 6.92 Å².